The second kappa shape index (κ2) is 6.68. The molecule has 0 radical (unpaired) electrons. The zero-order valence-electron chi connectivity index (χ0n) is 12.5. The molecule has 2 nitrogen and oxygen atoms in total. The Morgan fingerprint density at radius 3 is 2.38 bits per heavy atom. The van der Waals surface area contributed by atoms with Gasteiger partial charge >= 0.3 is 0 Å². The smallest absolute Gasteiger partial charge is 0.0767 e. The molecule has 1 atom stereocenters. The van der Waals surface area contributed by atoms with E-state index < -0.39 is 0 Å². The average Bonchev–Trinajstić information content (AvgIpc) is 3.03. The van der Waals surface area contributed by atoms with Crippen LogP contribution in [0.15, 0.2) is 54.9 Å². The SMILES string of the molecule is CCCCC1C=C(c2ccc(-c3ccncc3)cc2)CO1. The minimum Gasteiger partial charge on any atom is -0.369 e. The van der Waals surface area contributed by atoms with Crippen molar-refractivity contribution < 1.29 is 4.74 Å². The number of ether oxygens (including phenoxy) is 1. The van der Waals surface area contributed by atoms with Crippen LogP contribution in [0.4, 0.5) is 0 Å². The maximum atomic E-state index is 5.84. The van der Waals surface area contributed by atoms with Gasteiger partial charge in [-0.2, -0.15) is 0 Å². The molecule has 21 heavy (non-hydrogen) atoms. The van der Waals surface area contributed by atoms with Crippen LogP contribution in [0.1, 0.15) is 31.7 Å². The molecule has 3 rings (SSSR count). The maximum Gasteiger partial charge on any atom is 0.0767 e. The first kappa shape index (κ1) is 14.0. The van der Waals surface area contributed by atoms with E-state index in [-0.39, 0.29) is 0 Å². The van der Waals surface area contributed by atoms with Crippen molar-refractivity contribution in [2.45, 2.75) is 32.3 Å². The van der Waals surface area contributed by atoms with Crippen LogP contribution in [-0.2, 0) is 4.74 Å². The van der Waals surface area contributed by atoms with Crippen LogP contribution in [0, 0.1) is 0 Å². The van der Waals surface area contributed by atoms with Gasteiger partial charge in [0.05, 0.1) is 12.7 Å². The molecule has 0 bridgehead atoms. The molecule has 1 aromatic heterocycles. The molecule has 1 aliphatic rings. The Morgan fingerprint density at radius 2 is 1.67 bits per heavy atom. The Hall–Kier alpha value is -1.93. The fraction of sp³-hybridized carbons (Fsp3) is 0.316. The molecule has 0 saturated heterocycles. The molecule has 2 heteroatoms. The lowest BCUT2D eigenvalue weighted by atomic mass is 10.0. The second-order valence-electron chi connectivity index (χ2n) is 5.50. The number of nitrogens with zero attached hydrogens (tertiary/aromatic N) is 1. The molecular weight excluding hydrogens is 258 g/mol. The number of hydrogen-bond donors (Lipinski definition) is 0. The standard InChI is InChI=1S/C19H21NO/c1-2-3-4-19-13-18(14-21-19)16-7-5-15(6-8-16)17-9-11-20-12-10-17/h5-13,19H,2-4,14H2,1H3. The van der Waals surface area contributed by atoms with Gasteiger partial charge in [0.1, 0.15) is 0 Å². The van der Waals surface area contributed by atoms with Gasteiger partial charge in [-0.25, -0.2) is 0 Å². The van der Waals surface area contributed by atoms with E-state index in [4.69, 9.17) is 4.74 Å². The molecule has 0 N–H and O–H groups in total. The van der Waals surface area contributed by atoms with E-state index in [0.717, 1.165) is 13.0 Å². The van der Waals surface area contributed by atoms with Crippen molar-refractivity contribution in [3.05, 3.63) is 60.4 Å². The third-order valence-electron chi connectivity index (χ3n) is 3.95. The first-order valence-corrected chi connectivity index (χ1v) is 7.70. The van der Waals surface area contributed by atoms with Crippen LogP contribution in [-0.4, -0.2) is 17.7 Å². The van der Waals surface area contributed by atoms with Crippen molar-refractivity contribution in [1.82, 2.24) is 4.98 Å². The lowest BCUT2D eigenvalue weighted by molar-refractivity contribution is 0.121. The quantitative estimate of drug-likeness (QED) is 0.790. The predicted octanol–water partition coefficient (Wildman–Crippen LogP) is 4.72. The summed E-state index contributed by atoms with van der Waals surface area (Å²) < 4.78 is 5.84. The molecule has 0 amide bonds. The Balaban J connectivity index is 1.73. The second-order valence-corrected chi connectivity index (χ2v) is 5.50. The lowest BCUT2D eigenvalue weighted by Gasteiger charge is -2.05. The topological polar surface area (TPSA) is 22.1 Å². The predicted molar refractivity (Wildman–Crippen MR) is 86.9 cm³/mol. The van der Waals surface area contributed by atoms with Gasteiger partial charge in [0.2, 0.25) is 0 Å². The average molecular weight is 279 g/mol. The van der Waals surface area contributed by atoms with Crippen LogP contribution in [0.3, 0.4) is 0 Å². The number of unbranched alkanes of at least 4 members (excludes halogenated alkanes) is 1. The Morgan fingerprint density at radius 1 is 1.00 bits per heavy atom. The Labute approximate surface area is 126 Å². The summed E-state index contributed by atoms with van der Waals surface area (Å²) in [6, 6.07) is 12.8. The van der Waals surface area contributed by atoms with Gasteiger partial charge in [-0.3, -0.25) is 4.98 Å². The maximum absolute atomic E-state index is 5.84. The van der Waals surface area contributed by atoms with Crippen LogP contribution < -0.4 is 0 Å². The van der Waals surface area contributed by atoms with E-state index in [1.807, 2.05) is 24.5 Å². The summed E-state index contributed by atoms with van der Waals surface area (Å²) >= 11 is 0. The highest BCUT2D eigenvalue weighted by molar-refractivity contribution is 5.72. The van der Waals surface area contributed by atoms with Crippen molar-refractivity contribution >= 4 is 5.57 Å². The highest BCUT2D eigenvalue weighted by Gasteiger charge is 2.16. The summed E-state index contributed by atoms with van der Waals surface area (Å²) in [6.07, 6.45) is 9.84. The highest BCUT2D eigenvalue weighted by Crippen LogP contribution is 2.27. The molecule has 0 saturated carbocycles. The van der Waals surface area contributed by atoms with Crippen LogP contribution >= 0.6 is 0 Å². The van der Waals surface area contributed by atoms with E-state index in [0.29, 0.717) is 6.10 Å². The number of rotatable bonds is 5. The fourth-order valence-corrected chi connectivity index (χ4v) is 2.69. The largest absolute Gasteiger partial charge is 0.369 e. The van der Waals surface area contributed by atoms with Gasteiger partial charge in [-0.05, 0) is 46.9 Å². The molecule has 2 aromatic rings. The van der Waals surface area contributed by atoms with E-state index >= 15 is 0 Å². The molecule has 0 fully saturated rings. The van der Waals surface area contributed by atoms with Crippen molar-refractivity contribution in [3.8, 4) is 11.1 Å². The van der Waals surface area contributed by atoms with Gasteiger partial charge in [0.15, 0.2) is 0 Å². The molecule has 108 valence electrons. The van der Waals surface area contributed by atoms with Crippen LogP contribution in [0.25, 0.3) is 16.7 Å². The minimum atomic E-state index is 0.305. The van der Waals surface area contributed by atoms with E-state index in [1.165, 1.54) is 35.1 Å². The number of hydrogen-bond acceptors (Lipinski definition) is 2. The third-order valence-corrected chi connectivity index (χ3v) is 3.95. The van der Waals surface area contributed by atoms with E-state index in [1.54, 1.807) is 0 Å². The highest BCUT2D eigenvalue weighted by atomic mass is 16.5. The van der Waals surface area contributed by atoms with Crippen LogP contribution in [0.5, 0.6) is 0 Å². The first-order valence-electron chi connectivity index (χ1n) is 7.70. The third kappa shape index (κ3) is 3.40. The fourth-order valence-electron chi connectivity index (χ4n) is 2.69. The van der Waals surface area contributed by atoms with Crippen LogP contribution in [0.2, 0.25) is 0 Å². The van der Waals surface area contributed by atoms with Gasteiger partial charge in [-0.15, -0.1) is 0 Å². The molecule has 2 heterocycles. The zero-order chi connectivity index (χ0) is 14.5. The molecule has 1 aliphatic heterocycles. The van der Waals surface area contributed by atoms with Crippen molar-refractivity contribution in [3.63, 3.8) is 0 Å². The summed E-state index contributed by atoms with van der Waals surface area (Å²) in [5.41, 5.74) is 5.02. The van der Waals surface area contributed by atoms with Crippen molar-refractivity contribution in [2.75, 3.05) is 6.61 Å². The van der Waals surface area contributed by atoms with Crippen molar-refractivity contribution in [1.29, 1.82) is 0 Å². The van der Waals surface area contributed by atoms with Crippen molar-refractivity contribution in [2.24, 2.45) is 0 Å². The van der Waals surface area contributed by atoms with Gasteiger partial charge in [0, 0.05) is 12.4 Å². The minimum absolute atomic E-state index is 0.305. The summed E-state index contributed by atoms with van der Waals surface area (Å²) in [4.78, 5) is 4.06. The van der Waals surface area contributed by atoms with Gasteiger partial charge in [0.25, 0.3) is 0 Å². The Kier molecular flexibility index (Phi) is 4.46. The molecule has 0 aliphatic carbocycles. The number of benzene rings is 1. The van der Waals surface area contributed by atoms with Gasteiger partial charge in [-0.1, -0.05) is 44.0 Å². The van der Waals surface area contributed by atoms with E-state index in [2.05, 4.69) is 42.2 Å². The summed E-state index contributed by atoms with van der Waals surface area (Å²) in [5.74, 6) is 0. The summed E-state index contributed by atoms with van der Waals surface area (Å²) in [6.45, 7) is 2.96. The molecule has 1 aromatic carbocycles. The molecule has 0 spiro atoms. The summed E-state index contributed by atoms with van der Waals surface area (Å²) in [5, 5.41) is 0. The number of pyridine rings is 1. The molecule has 1 unspecified atom stereocenters. The summed E-state index contributed by atoms with van der Waals surface area (Å²) in [7, 11) is 0. The first-order chi connectivity index (χ1) is 10.4. The zero-order valence-corrected chi connectivity index (χ0v) is 12.5. The monoisotopic (exact) mass is 279 g/mol. The number of aromatic nitrogens is 1. The van der Waals surface area contributed by atoms with E-state index in [9.17, 15) is 0 Å². The van der Waals surface area contributed by atoms with Gasteiger partial charge < -0.3 is 4.74 Å². The Bertz CT molecular complexity index is 601. The molecular formula is C19H21NO. The normalized spacial score (nSPS) is 17.8. The lowest BCUT2D eigenvalue weighted by Crippen LogP contribution is -2.03.